The Hall–Kier alpha value is -2.49. The van der Waals surface area contributed by atoms with E-state index in [0.717, 1.165) is 24.3 Å². The van der Waals surface area contributed by atoms with Crippen molar-refractivity contribution in [3.05, 3.63) is 54.6 Å². The average molecular weight is 336 g/mol. The number of amides is 2. The molecule has 4 nitrogen and oxygen atoms in total. The lowest BCUT2D eigenvalue weighted by atomic mass is 9.64. The number of ether oxygens (including phenoxy) is 1. The molecule has 2 fully saturated rings. The number of hydrogen-bond acceptors (Lipinski definition) is 2. The summed E-state index contributed by atoms with van der Waals surface area (Å²) in [6.45, 7) is 0. The first kappa shape index (κ1) is 16.0. The molecule has 2 amide bonds. The van der Waals surface area contributed by atoms with Crippen molar-refractivity contribution < 1.29 is 9.53 Å². The topological polar surface area (TPSA) is 55.6 Å². The molecule has 2 aliphatic carbocycles. The lowest BCUT2D eigenvalue weighted by molar-refractivity contribution is 0.110. The SMILES string of the molecule is NC(=O)N(c1cccc(Oc2ccccc2)c1)C1CC2(CCCC2)C1. The van der Waals surface area contributed by atoms with Crippen LogP contribution < -0.4 is 15.4 Å². The molecule has 4 heteroatoms. The molecule has 0 aliphatic heterocycles. The Morgan fingerprint density at radius 1 is 1.00 bits per heavy atom. The second-order valence-electron chi connectivity index (χ2n) is 7.39. The van der Waals surface area contributed by atoms with Crippen LogP contribution in [0.3, 0.4) is 0 Å². The van der Waals surface area contributed by atoms with E-state index in [0.29, 0.717) is 11.2 Å². The van der Waals surface area contributed by atoms with E-state index in [1.807, 2.05) is 54.6 Å². The predicted octanol–water partition coefficient (Wildman–Crippen LogP) is 5.09. The van der Waals surface area contributed by atoms with Gasteiger partial charge in [-0.15, -0.1) is 0 Å². The fourth-order valence-electron chi connectivity index (χ4n) is 4.50. The van der Waals surface area contributed by atoms with Gasteiger partial charge in [-0.1, -0.05) is 37.1 Å². The second-order valence-corrected chi connectivity index (χ2v) is 7.39. The molecule has 0 heterocycles. The Morgan fingerprint density at radius 2 is 1.68 bits per heavy atom. The number of primary amides is 1. The van der Waals surface area contributed by atoms with Crippen molar-refractivity contribution in [2.45, 2.75) is 44.6 Å². The summed E-state index contributed by atoms with van der Waals surface area (Å²) in [6.07, 6.45) is 7.38. The Balaban J connectivity index is 1.52. The normalized spacial score (nSPS) is 18.7. The van der Waals surface area contributed by atoms with Gasteiger partial charge in [-0.3, -0.25) is 4.90 Å². The lowest BCUT2D eigenvalue weighted by Crippen LogP contribution is -2.54. The molecule has 2 aromatic carbocycles. The van der Waals surface area contributed by atoms with Crippen LogP contribution in [0, 0.1) is 5.41 Å². The van der Waals surface area contributed by atoms with Crippen molar-refractivity contribution in [1.29, 1.82) is 0 Å². The Kier molecular flexibility index (Phi) is 4.12. The van der Waals surface area contributed by atoms with E-state index in [4.69, 9.17) is 10.5 Å². The van der Waals surface area contributed by atoms with E-state index >= 15 is 0 Å². The van der Waals surface area contributed by atoms with Gasteiger partial charge in [0.25, 0.3) is 0 Å². The summed E-state index contributed by atoms with van der Waals surface area (Å²) in [5.41, 5.74) is 7.00. The van der Waals surface area contributed by atoms with E-state index < -0.39 is 0 Å². The maximum Gasteiger partial charge on any atom is 0.319 e. The van der Waals surface area contributed by atoms with Gasteiger partial charge in [-0.25, -0.2) is 4.79 Å². The smallest absolute Gasteiger partial charge is 0.319 e. The maximum absolute atomic E-state index is 12.1. The highest BCUT2D eigenvalue weighted by molar-refractivity contribution is 5.91. The van der Waals surface area contributed by atoms with Crippen LogP contribution in [0.2, 0.25) is 0 Å². The van der Waals surface area contributed by atoms with Crippen molar-refractivity contribution in [2.24, 2.45) is 11.1 Å². The van der Waals surface area contributed by atoms with Gasteiger partial charge in [0.15, 0.2) is 0 Å². The quantitative estimate of drug-likeness (QED) is 0.846. The molecule has 2 aliphatic rings. The van der Waals surface area contributed by atoms with Crippen LogP contribution >= 0.6 is 0 Å². The van der Waals surface area contributed by atoms with Crippen molar-refractivity contribution in [1.82, 2.24) is 0 Å². The predicted molar refractivity (Wildman–Crippen MR) is 98.9 cm³/mol. The van der Waals surface area contributed by atoms with Crippen molar-refractivity contribution in [3.8, 4) is 11.5 Å². The minimum absolute atomic E-state index is 0.211. The van der Waals surface area contributed by atoms with Gasteiger partial charge < -0.3 is 10.5 Å². The summed E-state index contributed by atoms with van der Waals surface area (Å²) < 4.78 is 5.89. The Morgan fingerprint density at radius 3 is 2.36 bits per heavy atom. The third kappa shape index (κ3) is 3.21. The first-order valence-electron chi connectivity index (χ1n) is 9.07. The van der Waals surface area contributed by atoms with E-state index in [9.17, 15) is 4.79 Å². The summed E-state index contributed by atoms with van der Waals surface area (Å²) in [5, 5.41) is 0. The molecule has 0 saturated heterocycles. The first-order chi connectivity index (χ1) is 12.2. The number of carbonyl (C=O) groups excluding carboxylic acids is 1. The summed E-state index contributed by atoms with van der Waals surface area (Å²) in [7, 11) is 0. The fourth-order valence-corrected chi connectivity index (χ4v) is 4.50. The molecule has 2 saturated carbocycles. The van der Waals surface area contributed by atoms with Crippen molar-refractivity contribution in [3.63, 3.8) is 0 Å². The maximum atomic E-state index is 12.1. The Bertz CT molecular complexity index is 746. The van der Waals surface area contributed by atoms with Crippen LogP contribution in [-0.4, -0.2) is 12.1 Å². The first-order valence-corrected chi connectivity index (χ1v) is 9.07. The number of urea groups is 1. The number of hydrogen-bond donors (Lipinski definition) is 1. The van der Waals surface area contributed by atoms with Gasteiger partial charge in [-0.05, 0) is 55.4 Å². The number of carbonyl (C=O) groups is 1. The summed E-state index contributed by atoms with van der Waals surface area (Å²) in [5.74, 6) is 1.49. The molecule has 0 bridgehead atoms. The summed E-state index contributed by atoms with van der Waals surface area (Å²) in [6, 6.07) is 17.1. The highest BCUT2D eigenvalue weighted by Crippen LogP contribution is 2.55. The number of benzene rings is 2. The zero-order valence-electron chi connectivity index (χ0n) is 14.4. The number of nitrogens with two attached hydrogens (primary N) is 1. The van der Waals surface area contributed by atoms with Gasteiger partial charge in [0.1, 0.15) is 11.5 Å². The highest BCUT2D eigenvalue weighted by Gasteiger charge is 2.48. The molecule has 1 spiro atoms. The van der Waals surface area contributed by atoms with E-state index in [-0.39, 0.29) is 12.1 Å². The molecule has 0 atom stereocenters. The van der Waals surface area contributed by atoms with Gasteiger partial charge >= 0.3 is 6.03 Å². The third-order valence-electron chi connectivity index (χ3n) is 5.68. The van der Waals surface area contributed by atoms with Gasteiger partial charge in [0, 0.05) is 17.8 Å². The van der Waals surface area contributed by atoms with E-state index in [1.54, 1.807) is 4.90 Å². The highest BCUT2D eigenvalue weighted by atomic mass is 16.5. The molecule has 130 valence electrons. The van der Waals surface area contributed by atoms with Crippen molar-refractivity contribution in [2.75, 3.05) is 4.90 Å². The van der Waals surface area contributed by atoms with Gasteiger partial charge in [0.2, 0.25) is 0 Å². The van der Waals surface area contributed by atoms with Crippen LogP contribution in [-0.2, 0) is 0 Å². The monoisotopic (exact) mass is 336 g/mol. The molecule has 0 aromatic heterocycles. The average Bonchev–Trinajstić information content (AvgIpc) is 3.06. The zero-order valence-corrected chi connectivity index (χ0v) is 14.4. The van der Waals surface area contributed by atoms with Crippen LogP contribution in [0.4, 0.5) is 10.5 Å². The zero-order chi connectivity index (χ0) is 17.3. The Labute approximate surface area is 148 Å². The van der Waals surface area contributed by atoms with Crippen LogP contribution in [0.15, 0.2) is 54.6 Å². The summed E-state index contributed by atoms with van der Waals surface area (Å²) >= 11 is 0. The number of nitrogens with zero attached hydrogens (tertiary/aromatic N) is 1. The minimum atomic E-state index is -0.380. The third-order valence-corrected chi connectivity index (χ3v) is 5.68. The standard InChI is InChI=1S/C21H24N2O2/c22-20(24)23(17-14-21(15-17)11-4-5-12-21)16-7-6-10-19(13-16)25-18-8-2-1-3-9-18/h1-3,6-10,13,17H,4-5,11-12,14-15H2,(H2,22,24). The van der Waals surface area contributed by atoms with E-state index in [2.05, 4.69) is 0 Å². The van der Waals surface area contributed by atoms with Crippen LogP contribution in [0.5, 0.6) is 11.5 Å². The molecule has 2 N–H and O–H groups in total. The largest absolute Gasteiger partial charge is 0.457 e. The molecule has 0 radical (unpaired) electrons. The number of anilines is 1. The number of para-hydroxylation sites is 1. The molecule has 0 unspecified atom stereocenters. The van der Waals surface area contributed by atoms with Gasteiger partial charge in [-0.2, -0.15) is 0 Å². The molecular weight excluding hydrogens is 312 g/mol. The van der Waals surface area contributed by atoms with E-state index in [1.165, 1.54) is 25.7 Å². The number of rotatable bonds is 4. The second kappa shape index (κ2) is 6.43. The van der Waals surface area contributed by atoms with Gasteiger partial charge in [0.05, 0.1) is 0 Å². The molecule has 25 heavy (non-hydrogen) atoms. The minimum Gasteiger partial charge on any atom is -0.457 e. The van der Waals surface area contributed by atoms with Crippen molar-refractivity contribution >= 4 is 11.7 Å². The molecule has 2 aromatic rings. The van der Waals surface area contributed by atoms with Crippen LogP contribution in [0.25, 0.3) is 0 Å². The van der Waals surface area contributed by atoms with Crippen LogP contribution in [0.1, 0.15) is 38.5 Å². The molecule has 4 rings (SSSR count). The molecular formula is C21H24N2O2. The summed E-state index contributed by atoms with van der Waals surface area (Å²) in [4.78, 5) is 13.9. The lowest BCUT2D eigenvalue weighted by Gasteiger charge is -2.49. The fraction of sp³-hybridized carbons (Fsp3) is 0.381.